The maximum Gasteiger partial charge on any atom is 0.586 e. The summed E-state index contributed by atoms with van der Waals surface area (Å²) in [6, 6.07) is 3.21. The van der Waals surface area contributed by atoms with Crippen LogP contribution in [0.1, 0.15) is 36.1 Å². The van der Waals surface area contributed by atoms with Crippen molar-refractivity contribution in [3.05, 3.63) is 29.0 Å². The van der Waals surface area contributed by atoms with Crippen molar-refractivity contribution in [2.45, 2.75) is 55.4 Å². The van der Waals surface area contributed by atoms with Crippen LogP contribution in [-0.4, -0.2) is 50.0 Å². The number of rotatable bonds is 4. The first-order valence-corrected chi connectivity index (χ1v) is 12.0. The number of aliphatic hydroxyl groups excluding tert-OH is 1. The van der Waals surface area contributed by atoms with Gasteiger partial charge in [0.25, 0.3) is 0 Å². The molecule has 1 aromatic carbocycles. The van der Waals surface area contributed by atoms with Crippen LogP contribution < -0.4 is 19.7 Å². The predicted octanol–water partition coefficient (Wildman–Crippen LogP) is 2.35. The van der Waals surface area contributed by atoms with Crippen LogP contribution in [0.2, 0.25) is 0 Å². The van der Waals surface area contributed by atoms with Gasteiger partial charge in [-0.05, 0) is 48.9 Å². The summed E-state index contributed by atoms with van der Waals surface area (Å²) in [5.41, 5.74) is 2.11. The third kappa shape index (κ3) is 3.21. The van der Waals surface area contributed by atoms with Crippen LogP contribution in [0.5, 0.6) is 11.5 Å². The van der Waals surface area contributed by atoms with Gasteiger partial charge < -0.3 is 24.8 Å². The van der Waals surface area contributed by atoms with Crippen LogP contribution in [0.4, 0.5) is 20.5 Å². The van der Waals surface area contributed by atoms with Crippen molar-refractivity contribution in [3.63, 3.8) is 0 Å². The number of fused-ring (bicyclic) bond motifs is 3. The largest absolute Gasteiger partial charge is 0.586 e. The number of hydrogen-bond donors (Lipinski definition) is 2. The van der Waals surface area contributed by atoms with Gasteiger partial charge >= 0.3 is 6.29 Å². The van der Waals surface area contributed by atoms with Gasteiger partial charge in [-0.15, -0.1) is 8.78 Å². The first kappa shape index (κ1) is 20.1. The molecular weight excluding hydrogens is 442 g/mol. The van der Waals surface area contributed by atoms with Crippen LogP contribution in [0.15, 0.2) is 17.0 Å². The molecule has 170 valence electrons. The number of halogens is 2. The Kier molecular flexibility index (Phi) is 4.39. The highest BCUT2D eigenvalue weighted by Crippen LogP contribution is 2.44. The Labute approximate surface area is 185 Å². The SMILES string of the molecule is O=[S@@]1CCc2nc(N3CCc4cc5c(cc4C3)OC(F)(F)O5)nc(NC3(CO)CCC3)c21. The van der Waals surface area contributed by atoms with Gasteiger partial charge in [-0.1, -0.05) is 0 Å². The Morgan fingerprint density at radius 1 is 1.16 bits per heavy atom. The van der Waals surface area contributed by atoms with Crippen LogP contribution in [0, 0.1) is 0 Å². The summed E-state index contributed by atoms with van der Waals surface area (Å²) < 4.78 is 48.7. The highest BCUT2D eigenvalue weighted by atomic mass is 32.2. The van der Waals surface area contributed by atoms with Crippen molar-refractivity contribution in [1.29, 1.82) is 0 Å². The standard InChI is InChI=1S/C21H22F2N4O4S/c22-21(23)30-15-8-12-2-6-27(10-13(12)9-16(15)31-21)19-24-14-3-7-32(29)17(14)18(25-19)26-20(11-28)4-1-5-20/h8-9,28H,1-7,10-11H2,(H,24,25,26)/t32-/m1/s1. The average Bonchev–Trinajstić information content (AvgIpc) is 3.25. The minimum absolute atomic E-state index is 0.0113. The lowest BCUT2D eigenvalue weighted by Gasteiger charge is -2.41. The molecule has 11 heteroatoms. The van der Waals surface area contributed by atoms with Gasteiger partial charge in [0.15, 0.2) is 11.5 Å². The molecule has 32 heavy (non-hydrogen) atoms. The van der Waals surface area contributed by atoms with Crippen molar-refractivity contribution in [1.82, 2.24) is 9.97 Å². The zero-order valence-electron chi connectivity index (χ0n) is 17.2. The summed E-state index contributed by atoms with van der Waals surface area (Å²) in [6.45, 7) is 1.03. The lowest BCUT2D eigenvalue weighted by Crippen LogP contribution is -2.48. The quantitative estimate of drug-likeness (QED) is 0.712. The van der Waals surface area contributed by atoms with Crippen molar-refractivity contribution in [2.75, 3.05) is 29.1 Å². The number of aromatic nitrogens is 2. The molecular formula is C21H22F2N4O4S. The van der Waals surface area contributed by atoms with Crippen molar-refractivity contribution < 1.29 is 27.6 Å². The number of aliphatic hydroxyl groups is 1. The Balaban J connectivity index is 1.33. The number of ether oxygens (including phenoxy) is 2. The number of nitrogens with zero attached hydrogens (tertiary/aromatic N) is 3. The monoisotopic (exact) mass is 464 g/mol. The first-order chi connectivity index (χ1) is 15.3. The van der Waals surface area contributed by atoms with E-state index in [-0.39, 0.29) is 18.1 Å². The number of nitrogens with one attached hydrogen (secondary N) is 1. The average molecular weight is 464 g/mol. The molecule has 0 amide bonds. The van der Waals surface area contributed by atoms with E-state index in [0.29, 0.717) is 48.3 Å². The summed E-state index contributed by atoms with van der Waals surface area (Å²) in [5.74, 6) is 1.63. The van der Waals surface area contributed by atoms with Crippen LogP contribution in [0.25, 0.3) is 0 Å². The summed E-state index contributed by atoms with van der Waals surface area (Å²) in [5, 5.41) is 13.3. The van der Waals surface area contributed by atoms with Crippen LogP contribution in [0.3, 0.4) is 0 Å². The molecule has 0 spiro atoms. The molecule has 4 aliphatic rings. The van der Waals surface area contributed by atoms with Crippen LogP contribution >= 0.6 is 0 Å². The van der Waals surface area contributed by atoms with Crippen molar-refractivity contribution in [3.8, 4) is 11.5 Å². The number of anilines is 2. The molecule has 0 radical (unpaired) electrons. The maximum absolute atomic E-state index is 13.4. The van der Waals surface area contributed by atoms with Crippen molar-refractivity contribution in [2.24, 2.45) is 0 Å². The van der Waals surface area contributed by atoms with Gasteiger partial charge in [0, 0.05) is 25.3 Å². The normalized spacial score (nSPS) is 24.0. The molecule has 1 fully saturated rings. The fourth-order valence-electron chi connectivity index (χ4n) is 4.76. The third-order valence-electron chi connectivity index (χ3n) is 6.69. The Hall–Kier alpha value is -2.53. The number of alkyl halides is 2. The Morgan fingerprint density at radius 2 is 1.91 bits per heavy atom. The van der Waals surface area contributed by atoms with E-state index in [4.69, 9.17) is 9.97 Å². The van der Waals surface area contributed by atoms with Gasteiger partial charge in [0.05, 0.1) is 28.6 Å². The summed E-state index contributed by atoms with van der Waals surface area (Å²) in [6.07, 6.45) is 0.270. The summed E-state index contributed by atoms with van der Waals surface area (Å²) in [4.78, 5) is 12.0. The Morgan fingerprint density at radius 3 is 2.59 bits per heavy atom. The van der Waals surface area contributed by atoms with Crippen LogP contribution in [-0.2, 0) is 30.2 Å². The Bertz CT molecular complexity index is 1140. The molecule has 0 bridgehead atoms. The van der Waals surface area contributed by atoms with Crippen molar-refractivity contribution >= 4 is 22.6 Å². The molecule has 0 saturated heterocycles. The molecule has 2 aromatic rings. The van der Waals surface area contributed by atoms with Gasteiger partial charge in [-0.2, -0.15) is 4.98 Å². The van der Waals surface area contributed by atoms with E-state index in [0.717, 1.165) is 36.1 Å². The molecule has 8 nitrogen and oxygen atoms in total. The van der Waals surface area contributed by atoms with E-state index in [9.17, 15) is 18.1 Å². The van der Waals surface area contributed by atoms with Gasteiger partial charge in [-0.3, -0.25) is 4.21 Å². The minimum Gasteiger partial charge on any atom is -0.395 e. The minimum atomic E-state index is -3.64. The summed E-state index contributed by atoms with van der Waals surface area (Å²) in [7, 11) is -1.17. The second kappa shape index (κ2) is 6.98. The van der Waals surface area contributed by atoms with E-state index in [1.165, 1.54) is 0 Å². The van der Waals surface area contributed by atoms with E-state index < -0.39 is 22.6 Å². The van der Waals surface area contributed by atoms with E-state index >= 15 is 0 Å². The molecule has 2 N–H and O–H groups in total. The molecule has 1 atom stereocenters. The van der Waals surface area contributed by atoms with E-state index in [1.807, 2.05) is 4.90 Å². The highest BCUT2D eigenvalue weighted by Gasteiger charge is 2.44. The molecule has 1 aromatic heterocycles. The first-order valence-electron chi connectivity index (χ1n) is 10.7. The number of hydrogen-bond acceptors (Lipinski definition) is 8. The third-order valence-corrected chi connectivity index (χ3v) is 8.15. The maximum atomic E-state index is 13.4. The molecule has 1 saturated carbocycles. The fraction of sp³-hybridized carbons (Fsp3) is 0.524. The van der Waals surface area contributed by atoms with Gasteiger partial charge in [-0.25, -0.2) is 4.98 Å². The fourth-order valence-corrected chi connectivity index (χ4v) is 6.06. The number of aryl methyl sites for hydroxylation is 1. The smallest absolute Gasteiger partial charge is 0.395 e. The molecule has 0 unspecified atom stereocenters. The van der Waals surface area contributed by atoms with Gasteiger partial charge in [0.2, 0.25) is 5.95 Å². The lowest BCUT2D eigenvalue weighted by atomic mass is 9.77. The molecule has 4 heterocycles. The topological polar surface area (TPSA) is 96.8 Å². The zero-order chi connectivity index (χ0) is 22.1. The highest BCUT2D eigenvalue weighted by molar-refractivity contribution is 7.85. The zero-order valence-corrected chi connectivity index (χ0v) is 18.0. The lowest BCUT2D eigenvalue weighted by molar-refractivity contribution is -0.286. The predicted molar refractivity (Wildman–Crippen MR) is 112 cm³/mol. The molecule has 3 aliphatic heterocycles. The van der Waals surface area contributed by atoms with E-state index in [1.54, 1.807) is 12.1 Å². The summed E-state index contributed by atoms with van der Waals surface area (Å²) >= 11 is 0. The molecule has 1 aliphatic carbocycles. The second-order valence-electron chi connectivity index (χ2n) is 8.77. The molecule has 6 rings (SSSR count). The number of benzene rings is 1. The second-order valence-corrected chi connectivity index (χ2v) is 10.3. The van der Waals surface area contributed by atoms with Gasteiger partial charge in [0.1, 0.15) is 10.7 Å². The van der Waals surface area contributed by atoms with E-state index in [2.05, 4.69) is 14.8 Å².